The van der Waals surface area contributed by atoms with Gasteiger partial charge in [-0.25, -0.2) is 0 Å². The van der Waals surface area contributed by atoms with Crippen LogP contribution < -0.4 is 26.0 Å². The van der Waals surface area contributed by atoms with Crippen LogP contribution in [-0.4, -0.2) is 96.9 Å². The van der Waals surface area contributed by atoms with Gasteiger partial charge in [0.25, 0.3) is 0 Å². The third-order valence-electron chi connectivity index (χ3n) is 4.08. The Hall–Kier alpha value is -2.68. The molecule has 1 radical (unpaired) electrons. The average Bonchev–Trinajstić information content (AvgIpc) is 2.74. The number of nitrogens with two attached hydrogens (primary N) is 1. The van der Waals surface area contributed by atoms with Crippen molar-refractivity contribution in [2.75, 3.05) is 23.4 Å². The van der Waals surface area contributed by atoms with Crippen molar-refractivity contribution >= 4 is 66.0 Å². The fraction of sp³-hybridized carbons (Fsp3) is 0.389. The molecule has 14 nitrogen and oxygen atoms in total. The molecule has 0 saturated carbocycles. The second-order valence-corrected chi connectivity index (χ2v) is 11.4. The molecule has 0 aliphatic carbocycles. The Bertz CT molecular complexity index is 894. The van der Waals surface area contributed by atoms with Crippen molar-refractivity contribution in [1.29, 1.82) is 0 Å². The van der Waals surface area contributed by atoms with Gasteiger partial charge in [-0.15, -0.1) is 0 Å². The van der Waals surface area contributed by atoms with Gasteiger partial charge in [0.05, 0.1) is 0 Å². The van der Waals surface area contributed by atoms with Crippen molar-refractivity contribution in [3.8, 4) is 0 Å². The Morgan fingerprint density at radius 3 is 2.15 bits per heavy atom. The number of aliphatic carboxylic acids is 2. The summed E-state index contributed by atoms with van der Waals surface area (Å²) >= 11 is -3.82. The van der Waals surface area contributed by atoms with E-state index in [1.165, 1.54) is 24.3 Å². The number of benzene rings is 1. The van der Waals surface area contributed by atoms with E-state index in [1.54, 1.807) is 0 Å². The molecule has 0 spiro atoms. The van der Waals surface area contributed by atoms with Gasteiger partial charge in [0.2, 0.25) is 0 Å². The summed E-state index contributed by atoms with van der Waals surface area (Å²) in [5, 5.41) is 24.5. The summed E-state index contributed by atoms with van der Waals surface area (Å²) in [5.74, 6) is -4.78. The molecule has 0 fully saturated rings. The summed E-state index contributed by atoms with van der Waals surface area (Å²) in [5.41, 5.74) is 5.65. The summed E-state index contributed by atoms with van der Waals surface area (Å²) in [6.07, 6.45) is -0.455. The van der Waals surface area contributed by atoms with E-state index in [1.807, 2.05) is 0 Å². The van der Waals surface area contributed by atoms with Crippen LogP contribution in [0.25, 0.3) is 0 Å². The first-order valence-corrected chi connectivity index (χ1v) is 14.2. The van der Waals surface area contributed by atoms with Crippen LogP contribution >= 0.6 is 11.8 Å². The van der Waals surface area contributed by atoms with Gasteiger partial charge in [0, 0.05) is 6.42 Å². The second kappa shape index (κ2) is 13.9. The zero-order valence-electron chi connectivity index (χ0n) is 17.7. The number of carboxylic acid groups (broad SMARTS) is 2. The number of rotatable bonds is 14. The molecule has 2 atom stereocenters. The molecule has 0 bridgehead atoms. The third kappa shape index (κ3) is 11.4. The maximum atomic E-state index is 12.2. The van der Waals surface area contributed by atoms with Gasteiger partial charge in [-0.3, -0.25) is 14.4 Å². The number of anilines is 1. The number of carbonyl (C=O) groups excluding carboxylic acids is 3. The van der Waals surface area contributed by atoms with Crippen LogP contribution in [0, 0.1) is 0 Å². The van der Waals surface area contributed by atoms with Crippen LogP contribution in [0.2, 0.25) is 0 Å². The van der Waals surface area contributed by atoms with Crippen molar-refractivity contribution in [2.45, 2.75) is 24.9 Å². The van der Waals surface area contributed by atoms with Crippen molar-refractivity contribution in [2.24, 2.45) is 5.73 Å². The van der Waals surface area contributed by atoms with E-state index < -0.39 is 62.9 Å². The molecule has 3 amide bonds. The molecule has 1 aromatic rings. The molecule has 0 heterocycles. The van der Waals surface area contributed by atoms with E-state index in [9.17, 15) is 36.3 Å². The van der Waals surface area contributed by atoms with Gasteiger partial charge in [0.15, 0.2) is 0 Å². The van der Waals surface area contributed by atoms with Crippen molar-refractivity contribution in [1.82, 2.24) is 10.6 Å². The Morgan fingerprint density at radius 2 is 1.62 bits per heavy atom. The topological polar surface area (TPSA) is 249 Å². The first-order chi connectivity index (χ1) is 15.8. The standard InChI is InChI=1S/C18H26AsN4O10S/c20-12(18(29)30)5-6-14(24)23-13(17(28)21-7-16(26)27)8-34-9-15(25)22-11-3-1-10(2-4-11)19(31,32)33/h1-4,12-13,31-33H,5-9,20H2,(H,21,28)(H,22,25)(H,23,24)(H,26,27)(H,29,30)/t12-,13-/m0/s1. The summed E-state index contributed by atoms with van der Waals surface area (Å²) in [6.45, 7) is -0.684. The number of nitrogens with one attached hydrogen (secondary N) is 3. The molecule has 0 saturated heterocycles. The minimum absolute atomic E-state index is 0.0410. The molecule has 16 heteroatoms. The quantitative estimate of drug-likeness (QED) is 0.0992. The van der Waals surface area contributed by atoms with Gasteiger partial charge >= 0.3 is 146 Å². The average molecular weight is 565 g/mol. The van der Waals surface area contributed by atoms with Crippen LogP contribution in [0.15, 0.2) is 24.3 Å². The summed E-state index contributed by atoms with van der Waals surface area (Å²) < 4.78 is 27.7. The van der Waals surface area contributed by atoms with Crippen LogP contribution in [0.3, 0.4) is 0 Å². The molecule has 10 N–H and O–H groups in total. The molecule has 34 heavy (non-hydrogen) atoms. The van der Waals surface area contributed by atoms with E-state index >= 15 is 0 Å². The van der Waals surface area contributed by atoms with Gasteiger partial charge in [-0.2, -0.15) is 0 Å². The zero-order valence-corrected chi connectivity index (χ0v) is 20.4. The van der Waals surface area contributed by atoms with Crippen molar-refractivity contribution in [3.05, 3.63) is 24.3 Å². The Kier molecular flexibility index (Phi) is 12.0. The fourth-order valence-corrected chi connectivity index (χ4v) is 4.35. The molecule has 0 unspecified atom stereocenters. The van der Waals surface area contributed by atoms with E-state index in [0.29, 0.717) is 5.69 Å². The molecular formula is C18H26AsN4O10S. The zero-order chi connectivity index (χ0) is 25.9. The molecule has 0 aromatic heterocycles. The Balaban J connectivity index is 2.62. The van der Waals surface area contributed by atoms with E-state index in [0.717, 1.165) is 11.8 Å². The Labute approximate surface area is 201 Å². The normalized spacial score (nSPS) is 12.8. The number of hydrogen-bond donors (Lipinski definition) is 9. The van der Waals surface area contributed by atoms with E-state index in [4.69, 9.17) is 15.9 Å². The van der Waals surface area contributed by atoms with Crippen LogP contribution in [0.5, 0.6) is 0 Å². The van der Waals surface area contributed by atoms with E-state index in [2.05, 4.69) is 16.0 Å². The Morgan fingerprint density at radius 1 is 1.00 bits per heavy atom. The minimum Gasteiger partial charge on any atom is -0.480 e. The smallest absolute Gasteiger partial charge is 0.480 e. The van der Waals surface area contributed by atoms with Gasteiger partial charge in [0.1, 0.15) is 12.6 Å². The fourth-order valence-electron chi connectivity index (χ4n) is 2.36. The maximum absolute atomic E-state index is 12.2. The predicted octanol–water partition coefficient (Wildman–Crippen LogP) is -3.64. The molecule has 1 aromatic carbocycles. The molecular weight excluding hydrogens is 539 g/mol. The first-order valence-electron chi connectivity index (χ1n) is 9.62. The number of carboxylic acids is 2. The number of amides is 3. The minimum atomic E-state index is -4.79. The van der Waals surface area contributed by atoms with Crippen LogP contribution in [0.4, 0.5) is 5.69 Å². The molecule has 189 valence electrons. The van der Waals surface area contributed by atoms with Crippen LogP contribution in [0.1, 0.15) is 12.8 Å². The summed E-state index contributed by atoms with van der Waals surface area (Å²) in [7, 11) is 0. The summed E-state index contributed by atoms with van der Waals surface area (Å²) in [4.78, 5) is 57.8. The van der Waals surface area contributed by atoms with Gasteiger partial charge in [-0.1, -0.05) is 0 Å². The van der Waals surface area contributed by atoms with E-state index in [-0.39, 0.29) is 28.7 Å². The molecule has 1 rings (SSSR count). The van der Waals surface area contributed by atoms with Gasteiger partial charge in [-0.05, 0) is 6.42 Å². The summed E-state index contributed by atoms with van der Waals surface area (Å²) in [6, 6.07) is 2.78. The monoisotopic (exact) mass is 565 g/mol. The SMILES string of the molecule is N[C@@H](CCC(=O)N[C@@H](CSCC(=O)Nc1ccc([As](O)(O)O)cc1)C(=O)NCC(=O)O)C(=O)O. The third-order valence-corrected chi connectivity index (χ3v) is 7.19. The number of carbonyl (C=O) groups is 5. The van der Waals surface area contributed by atoms with Crippen molar-refractivity contribution in [3.63, 3.8) is 0 Å². The van der Waals surface area contributed by atoms with Crippen molar-refractivity contribution < 1.29 is 46.5 Å². The second-order valence-electron chi connectivity index (χ2n) is 6.89. The van der Waals surface area contributed by atoms with Crippen LogP contribution in [-0.2, 0) is 24.0 Å². The number of thioether (sulfide) groups is 1. The predicted molar refractivity (Wildman–Crippen MR) is 122 cm³/mol. The first kappa shape index (κ1) is 29.4. The van der Waals surface area contributed by atoms with Gasteiger partial charge < -0.3 is 15.9 Å². The number of hydrogen-bond acceptors (Lipinski definition) is 10. The molecule has 0 aliphatic rings. The molecule has 0 aliphatic heterocycles.